The average molecular weight is 288 g/mol. The molecule has 0 aliphatic carbocycles. The average Bonchev–Trinajstić information content (AvgIpc) is 2.55. The van der Waals surface area contributed by atoms with Gasteiger partial charge in [0, 0.05) is 6.04 Å². The topological polar surface area (TPSA) is 15.3 Å². The first-order chi connectivity index (χ1) is 10.3. The molecule has 0 amide bonds. The Morgan fingerprint density at radius 2 is 1.76 bits per heavy atom. The molecule has 1 aromatic carbocycles. The van der Waals surface area contributed by atoms with Gasteiger partial charge in [-0.3, -0.25) is 4.90 Å². The fourth-order valence-corrected chi connectivity index (χ4v) is 3.50. The van der Waals surface area contributed by atoms with Crippen LogP contribution in [0.1, 0.15) is 57.2 Å². The lowest BCUT2D eigenvalue weighted by Gasteiger charge is -2.37. The molecule has 1 unspecified atom stereocenters. The minimum Gasteiger partial charge on any atom is -0.317 e. The number of hydrogen-bond acceptors (Lipinski definition) is 2. The first kappa shape index (κ1) is 16.5. The van der Waals surface area contributed by atoms with Gasteiger partial charge >= 0.3 is 0 Å². The summed E-state index contributed by atoms with van der Waals surface area (Å²) in [7, 11) is 0. The second kappa shape index (κ2) is 8.55. The van der Waals surface area contributed by atoms with Crippen LogP contribution in [0, 0.1) is 5.92 Å². The van der Waals surface area contributed by atoms with Crippen molar-refractivity contribution in [2.24, 2.45) is 5.92 Å². The molecule has 2 rings (SSSR count). The molecule has 118 valence electrons. The summed E-state index contributed by atoms with van der Waals surface area (Å²) in [6, 6.07) is 9.90. The smallest absolute Gasteiger partial charge is 0.0345 e. The van der Waals surface area contributed by atoms with E-state index in [-0.39, 0.29) is 0 Å². The highest BCUT2D eigenvalue weighted by atomic mass is 15.2. The molecular formula is C19H32N2. The van der Waals surface area contributed by atoms with Gasteiger partial charge < -0.3 is 5.32 Å². The molecule has 1 fully saturated rings. The number of nitrogens with one attached hydrogen (secondary N) is 1. The largest absolute Gasteiger partial charge is 0.317 e. The van der Waals surface area contributed by atoms with E-state index in [2.05, 4.69) is 55.3 Å². The van der Waals surface area contributed by atoms with Crippen LogP contribution in [-0.4, -0.2) is 31.1 Å². The summed E-state index contributed by atoms with van der Waals surface area (Å²) in [5.74, 6) is 0.876. The lowest BCUT2D eigenvalue weighted by Crippen LogP contribution is -2.39. The Balaban J connectivity index is 1.92. The van der Waals surface area contributed by atoms with Crippen LogP contribution in [0.2, 0.25) is 0 Å². The highest BCUT2D eigenvalue weighted by Crippen LogP contribution is 2.29. The van der Waals surface area contributed by atoms with Gasteiger partial charge in [0.1, 0.15) is 0 Å². The predicted octanol–water partition coefficient (Wildman–Crippen LogP) is 4.02. The van der Waals surface area contributed by atoms with Gasteiger partial charge in [-0.1, -0.05) is 45.0 Å². The Morgan fingerprint density at radius 1 is 1.10 bits per heavy atom. The van der Waals surface area contributed by atoms with Crippen LogP contribution in [-0.2, 0) is 6.42 Å². The number of nitrogens with zero attached hydrogens (tertiary/aromatic N) is 1. The number of aryl methyl sites for hydroxylation is 1. The molecule has 2 heteroatoms. The minimum atomic E-state index is 0.607. The van der Waals surface area contributed by atoms with Crippen LogP contribution in [0.15, 0.2) is 24.3 Å². The van der Waals surface area contributed by atoms with Crippen LogP contribution in [0.3, 0.4) is 0 Å². The molecular weight excluding hydrogens is 256 g/mol. The van der Waals surface area contributed by atoms with E-state index < -0.39 is 0 Å². The monoisotopic (exact) mass is 288 g/mol. The Morgan fingerprint density at radius 3 is 2.29 bits per heavy atom. The number of likely N-dealkylation sites (tertiary alicyclic amines) is 1. The third-order valence-electron chi connectivity index (χ3n) is 4.93. The van der Waals surface area contributed by atoms with Crippen LogP contribution in [0.5, 0.6) is 0 Å². The van der Waals surface area contributed by atoms with Gasteiger partial charge in [0.05, 0.1) is 0 Å². The summed E-state index contributed by atoms with van der Waals surface area (Å²) < 4.78 is 0. The van der Waals surface area contributed by atoms with Crippen molar-refractivity contribution in [1.29, 1.82) is 0 Å². The fraction of sp³-hybridized carbons (Fsp3) is 0.684. The zero-order chi connectivity index (χ0) is 15.1. The van der Waals surface area contributed by atoms with Crippen LogP contribution < -0.4 is 5.32 Å². The van der Waals surface area contributed by atoms with E-state index in [1.807, 2.05) is 0 Å². The van der Waals surface area contributed by atoms with Crippen molar-refractivity contribution >= 4 is 0 Å². The molecule has 21 heavy (non-hydrogen) atoms. The van der Waals surface area contributed by atoms with E-state index in [1.54, 1.807) is 0 Å². The first-order valence-corrected chi connectivity index (χ1v) is 8.82. The first-order valence-electron chi connectivity index (χ1n) is 8.82. The SMILES string of the molecule is CCNCC1CCN(C(CC)c2ccc(CC)cc2)CC1. The van der Waals surface area contributed by atoms with Gasteiger partial charge in [-0.2, -0.15) is 0 Å². The maximum atomic E-state index is 3.50. The molecule has 1 aliphatic heterocycles. The zero-order valence-corrected chi connectivity index (χ0v) is 14.1. The lowest BCUT2D eigenvalue weighted by molar-refractivity contribution is 0.128. The maximum absolute atomic E-state index is 3.50. The highest BCUT2D eigenvalue weighted by molar-refractivity contribution is 5.25. The Bertz CT molecular complexity index is 391. The van der Waals surface area contributed by atoms with E-state index in [0.29, 0.717) is 6.04 Å². The van der Waals surface area contributed by atoms with E-state index in [0.717, 1.165) is 18.9 Å². The van der Waals surface area contributed by atoms with Gasteiger partial charge in [0.15, 0.2) is 0 Å². The van der Waals surface area contributed by atoms with Gasteiger partial charge in [-0.15, -0.1) is 0 Å². The molecule has 1 saturated heterocycles. The quantitative estimate of drug-likeness (QED) is 0.815. The van der Waals surface area contributed by atoms with Crippen LogP contribution >= 0.6 is 0 Å². The summed E-state index contributed by atoms with van der Waals surface area (Å²) in [5, 5.41) is 3.50. The second-order valence-electron chi connectivity index (χ2n) is 6.31. The van der Waals surface area contributed by atoms with Crippen LogP contribution in [0.4, 0.5) is 0 Å². The lowest BCUT2D eigenvalue weighted by atomic mass is 9.93. The Hall–Kier alpha value is -0.860. The van der Waals surface area contributed by atoms with E-state index in [1.165, 1.54) is 50.0 Å². The van der Waals surface area contributed by atoms with Crippen molar-refractivity contribution in [1.82, 2.24) is 10.2 Å². The molecule has 1 atom stereocenters. The summed E-state index contributed by atoms with van der Waals surface area (Å²) in [4.78, 5) is 2.70. The van der Waals surface area contributed by atoms with Crippen molar-refractivity contribution in [3.63, 3.8) is 0 Å². The van der Waals surface area contributed by atoms with Crippen molar-refractivity contribution in [2.45, 2.75) is 52.5 Å². The van der Waals surface area contributed by atoms with Gasteiger partial charge in [-0.25, -0.2) is 0 Å². The second-order valence-corrected chi connectivity index (χ2v) is 6.31. The zero-order valence-electron chi connectivity index (χ0n) is 14.1. The van der Waals surface area contributed by atoms with Crippen LogP contribution in [0.25, 0.3) is 0 Å². The summed E-state index contributed by atoms with van der Waals surface area (Å²) in [6.07, 6.45) is 5.03. The molecule has 0 radical (unpaired) electrons. The minimum absolute atomic E-state index is 0.607. The maximum Gasteiger partial charge on any atom is 0.0345 e. The van der Waals surface area contributed by atoms with Gasteiger partial charge in [0.25, 0.3) is 0 Å². The van der Waals surface area contributed by atoms with Crippen molar-refractivity contribution < 1.29 is 0 Å². The summed E-state index contributed by atoms with van der Waals surface area (Å²) in [6.45, 7) is 11.6. The summed E-state index contributed by atoms with van der Waals surface area (Å²) in [5.41, 5.74) is 2.94. The Kier molecular flexibility index (Phi) is 6.72. The van der Waals surface area contributed by atoms with Crippen molar-refractivity contribution in [3.05, 3.63) is 35.4 Å². The Labute approximate surface area is 130 Å². The molecule has 0 spiro atoms. The number of piperidine rings is 1. The van der Waals surface area contributed by atoms with Crippen molar-refractivity contribution in [2.75, 3.05) is 26.2 Å². The third-order valence-corrected chi connectivity index (χ3v) is 4.93. The van der Waals surface area contributed by atoms with E-state index >= 15 is 0 Å². The predicted molar refractivity (Wildman–Crippen MR) is 91.7 cm³/mol. The molecule has 1 aromatic rings. The molecule has 0 bridgehead atoms. The van der Waals surface area contributed by atoms with E-state index in [4.69, 9.17) is 0 Å². The normalized spacial score (nSPS) is 18.8. The van der Waals surface area contributed by atoms with Crippen molar-refractivity contribution in [3.8, 4) is 0 Å². The van der Waals surface area contributed by atoms with E-state index in [9.17, 15) is 0 Å². The highest BCUT2D eigenvalue weighted by Gasteiger charge is 2.24. The molecule has 0 saturated carbocycles. The van der Waals surface area contributed by atoms with Gasteiger partial charge in [0.2, 0.25) is 0 Å². The molecule has 0 aromatic heterocycles. The number of benzene rings is 1. The fourth-order valence-electron chi connectivity index (χ4n) is 3.50. The number of rotatable bonds is 7. The number of hydrogen-bond donors (Lipinski definition) is 1. The molecule has 1 aliphatic rings. The molecule has 1 heterocycles. The summed E-state index contributed by atoms with van der Waals surface area (Å²) >= 11 is 0. The third kappa shape index (κ3) is 4.55. The standard InChI is InChI=1S/C19H32N2/c1-4-16-7-9-18(10-8-16)19(5-2)21-13-11-17(12-14-21)15-20-6-3/h7-10,17,19-20H,4-6,11-15H2,1-3H3. The molecule has 2 nitrogen and oxygen atoms in total. The molecule has 1 N–H and O–H groups in total. The van der Waals surface area contributed by atoms with Gasteiger partial charge in [-0.05, 0) is 68.9 Å².